The Bertz CT molecular complexity index is 295. The SMILES string of the molecule is COc1c(C)c(C)c(CO)c(C)c1Cl. The van der Waals surface area contributed by atoms with E-state index in [2.05, 4.69) is 0 Å². The standard InChI is InChI=1S/C11H15ClO2/c1-6-7(2)11(14-4)10(12)8(3)9(6)5-13/h13H,5H2,1-4H3. The second-order valence-electron chi connectivity index (χ2n) is 3.36. The Kier molecular flexibility index (Phi) is 3.40. The molecule has 0 radical (unpaired) electrons. The molecule has 14 heavy (non-hydrogen) atoms. The highest BCUT2D eigenvalue weighted by Crippen LogP contribution is 2.36. The normalized spacial score (nSPS) is 10.4. The van der Waals surface area contributed by atoms with E-state index in [-0.39, 0.29) is 6.61 Å². The van der Waals surface area contributed by atoms with Crippen molar-refractivity contribution >= 4 is 11.6 Å². The van der Waals surface area contributed by atoms with Gasteiger partial charge in [0.25, 0.3) is 0 Å². The molecule has 0 aliphatic carbocycles. The maximum Gasteiger partial charge on any atom is 0.140 e. The van der Waals surface area contributed by atoms with Gasteiger partial charge in [-0.05, 0) is 43.0 Å². The van der Waals surface area contributed by atoms with Crippen LogP contribution in [0.4, 0.5) is 0 Å². The molecule has 0 saturated heterocycles. The molecule has 1 aromatic carbocycles. The molecule has 0 amide bonds. The number of hydrogen-bond donors (Lipinski definition) is 1. The van der Waals surface area contributed by atoms with Gasteiger partial charge < -0.3 is 9.84 Å². The molecule has 1 rings (SSSR count). The molecule has 0 aromatic heterocycles. The van der Waals surface area contributed by atoms with Gasteiger partial charge in [-0.3, -0.25) is 0 Å². The predicted octanol–water partition coefficient (Wildman–Crippen LogP) is 2.77. The highest BCUT2D eigenvalue weighted by Gasteiger charge is 2.15. The Balaban J connectivity index is 3.55. The molecule has 0 unspecified atom stereocenters. The first-order valence-electron chi connectivity index (χ1n) is 4.47. The minimum Gasteiger partial charge on any atom is -0.495 e. The van der Waals surface area contributed by atoms with Gasteiger partial charge in [-0.15, -0.1) is 0 Å². The number of methoxy groups -OCH3 is 1. The molecule has 0 fully saturated rings. The zero-order chi connectivity index (χ0) is 10.9. The zero-order valence-electron chi connectivity index (χ0n) is 8.94. The van der Waals surface area contributed by atoms with E-state index >= 15 is 0 Å². The summed E-state index contributed by atoms with van der Waals surface area (Å²) in [6, 6.07) is 0. The van der Waals surface area contributed by atoms with Gasteiger partial charge in [-0.2, -0.15) is 0 Å². The van der Waals surface area contributed by atoms with Gasteiger partial charge in [0.15, 0.2) is 0 Å². The fraction of sp³-hybridized carbons (Fsp3) is 0.455. The molecule has 0 atom stereocenters. The molecule has 3 heteroatoms. The molecule has 2 nitrogen and oxygen atoms in total. The van der Waals surface area contributed by atoms with E-state index < -0.39 is 0 Å². The largest absolute Gasteiger partial charge is 0.495 e. The quantitative estimate of drug-likeness (QED) is 0.821. The maximum atomic E-state index is 9.21. The monoisotopic (exact) mass is 214 g/mol. The highest BCUT2D eigenvalue weighted by atomic mass is 35.5. The third kappa shape index (κ3) is 1.60. The van der Waals surface area contributed by atoms with Crippen LogP contribution in [-0.4, -0.2) is 12.2 Å². The molecule has 1 aromatic rings. The van der Waals surface area contributed by atoms with Gasteiger partial charge in [0.05, 0.1) is 18.7 Å². The van der Waals surface area contributed by atoms with E-state index in [1.807, 2.05) is 20.8 Å². The van der Waals surface area contributed by atoms with Crippen LogP contribution in [-0.2, 0) is 6.61 Å². The number of ether oxygens (including phenoxy) is 1. The van der Waals surface area contributed by atoms with Crippen LogP contribution in [0.5, 0.6) is 5.75 Å². The van der Waals surface area contributed by atoms with Crippen molar-refractivity contribution in [2.24, 2.45) is 0 Å². The molecular formula is C11H15ClO2. The number of halogens is 1. The second kappa shape index (κ2) is 4.20. The summed E-state index contributed by atoms with van der Waals surface area (Å²) in [5, 5.41) is 9.81. The molecule has 0 aliphatic rings. The van der Waals surface area contributed by atoms with Gasteiger partial charge >= 0.3 is 0 Å². The maximum absolute atomic E-state index is 9.21. The summed E-state index contributed by atoms with van der Waals surface area (Å²) in [6.45, 7) is 5.82. The number of benzene rings is 1. The third-order valence-corrected chi connectivity index (χ3v) is 3.15. The average Bonchev–Trinajstić information content (AvgIpc) is 2.17. The van der Waals surface area contributed by atoms with Crippen LogP contribution in [0.3, 0.4) is 0 Å². The van der Waals surface area contributed by atoms with Crippen LogP contribution in [0.2, 0.25) is 5.02 Å². The van der Waals surface area contributed by atoms with Crippen LogP contribution in [0.1, 0.15) is 22.3 Å². The van der Waals surface area contributed by atoms with E-state index in [1.54, 1.807) is 7.11 Å². The first kappa shape index (κ1) is 11.3. The Morgan fingerprint density at radius 1 is 1.14 bits per heavy atom. The smallest absolute Gasteiger partial charge is 0.140 e. The summed E-state index contributed by atoms with van der Waals surface area (Å²) in [4.78, 5) is 0. The van der Waals surface area contributed by atoms with Crippen molar-refractivity contribution in [3.63, 3.8) is 0 Å². The van der Waals surface area contributed by atoms with Gasteiger partial charge in [0.1, 0.15) is 5.75 Å². The first-order chi connectivity index (χ1) is 6.54. The summed E-state index contributed by atoms with van der Waals surface area (Å²) < 4.78 is 5.22. The van der Waals surface area contributed by atoms with Gasteiger partial charge in [0, 0.05) is 0 Å². The fourth-order valence-electron chi connectivity index (χ4n) is 1.63. The topological polar surface area (TPSA) is 29.5 Å². The summed E-state index contributed by atoms with van der Waals surface area (Å²) >= 11 is 6.12. The van der Waals surface area contributed by atoms with Crippen LogP contribution >= 0.6 is 11.6 Å². The molecule has 0 aliphatic heterocycles. The van der Waals surface area contributed by atoms with Crippen molar-refractivity contribution in [2.75, 3.05) is 7.11 Å². The number of aliphatic hydroxyl groups is 1. The van der Waals surface area contributed by atoms with Crippen molar-refractivity contribution in [3.05, 3.63) is 27.3 Å². The molecule has 0 heterocycles. The lowest BCUT2D eigenvalue weighted by Gasteiger charge is -2.16. The molecular weight excluding hydrogens is 200 g/mol. The zero-order valence-corrected chi connectivity index (χ0v) is 9.70. The van der Waals surface area contributed by atoms with Crippen molar-refractivity contribution in [1.82, 2.24) is 0 Å². The average molecular weight is 215 g/mol. The third-order valence-electron chi connectivity index (χ3n) is 2.70. The number of rotatable bonds is 2. The van der Waals surface area contributed by atoms with Crippen molar-refractivity contribution in [2.45, 2.75) is 27.4 Å². The van der Waals surface area contributed by atoms with E-state index in [0.29, 0.717) is 10.8 Å². The van der Waals surface area contributed by atoms with E-state index in [4.69, 9.17) is 16.3 Å². The summed E-state index contributed by atoms with van der Waals surface area (Å²) in [6.07, 6.45) is 0. The highest BCUT2D eigenvalue weighted by molar-refractivity contribution is 6.33. The lowest BCUT2D eigenvalue weighted by molar-refractivity contribution is 0.280. The molecule has 1 N–H and O–H groups in total. The van der Waals surface area contributed by atoms with Crippen LogP contribution in [0, 0.1) is 20.8 Å². The van der Waals surface area contributed by atoms with Crippen molar-refractivity contribution in [1.29, 1.82) is 0 Å². The lowest BCUT2D eigenvalue weighted by Crippen LogP contribution is -2.01. The van der Waals surface area contributed by atoms with Crippen molar-refractivity contribution in [3.8, 4) is 5.75 Å². The van der Waals surface area contributed by atoms with Gasteiger partial charge in [-0.1, -0.05) is 11.6 Å². The molecule has 0 spiro atoms. The Labute approximate surface area is 89.5 Å². The molecule has 0 saturated carbocycles. The van der Waals surface area contributed by atoms with Crippen LogP contribution < -0.4 is 4.74 Å². The van der Waals surface area contributed by atoms with E-state index in [0.717, 1.165) is 22.3 Å². The first-order valence-corrected chi connectivity index (χ1v) is 4.85. The molecule has 0 bridgehead atoms. The minimum absolute atomic E-state index is 0.0161. The minimum atomic E-state index is 0.0161. The predicted molar refractivity (Wildman–Crippen MR) is 58.1 cm³/mol. The van der Waals surface area contributed by atoms with E-state index in [1.165, 1.54) is 0 Å². The number of aliphatic hydroxyl groups excluding tert-OH is 1. The molecule has 78 valence electrons. The second-order valence-corrected chi connectivity index (χ2v) is 3.74. The van der Waals surface area contributed by atoms with Crippen molar-refractivity contribution < 1.29 is 9.84 Å². The lowest BCUT2D eigenvalue weighted by atomic mass is 9.98. The Hall–Kier alpha value is -0.730. The summed E-state index contributed by atoms with van der Waals surface area (Å²) in [7, 11) is 1.60. The van der Waals surface area contributed by atoms with Gasteiger partial charge in [0.2, 0.25) is 0 Å². The fourth-order valence-corrected chi connectivity index (χ4v) is 1.96. The Morgan fingerprint density at radius 3 is 2.14 bits per heavy atom. The summed E-state index contributed by atoms with van der Waals surface area (Å²) in [5.41, 5.74) is 3.83. The van der Waals surface area contributed by atoms with E-state index in [9.17, 15) is 5.11 Å². The van der Waals surface area contributed by atoms with Crippen LogP contribution in [0.25, 0.3) is 0 Å². The van der Waals surface area contributed by atoms with Gasteiger partial charge in [-0.25, -0.2) is 0 Å². The number of hydrogen-bond acceptors (Lipinski definition) is 2. The van der Waals surface area contributed by atoms with Crippen LogP contribution in [0.15, 0.2) is 0 Å². The Morgan fingerprint density at radius 2 is 1.71 bits per heavy atom. The summed E-state index contributed by atoms with van der Waals surface area (Å²) in [5.74, 6) is 0.707.